The maximum atomic E-state index is 11.3. The minimum Gasteiger partial charge on any atom is -0.465 e. The highest BCUT2D eigenvalue weighted by Gasteiger charge is 2.25. The van der Waals surface area contributed by atoms with E-state index in [1.807, 2.05) is 0 Å². The quantitative estimate of drug-likeness (QED) is 0.449. The molecule has 98 valence electrons. The number of esters is 1. The molecule has 0 aliphatic rings. The number of aliphatic hydroxyl groups is 1. The number of carbonyl (C=O) groups is 1. The fraction of sp³-hybridized carbons (Fsp3) is 0.364. The Hall–Kier alpha value is -1.99. The second-order valence-electron chi connectivity index (χ2n) is 3.57. The van der Waals surface area contributed by atoms with Crippen LogP contribution in [0.2, 0.25) is 0 Å². The number of nitrogens with zero attached hydrogens (tertiary/aromatic N) is 1. The second kappa shape index (κ2) is 6.08. The maximum Gasteiger partial charge on any atom is 0.325 e. The highest BCUT2D eigenvalue weighted by Crippen LogP contribution is 2.20. The minimum absolute atomic E-state index is 0.101. The fourth-order valence-corrected chi connectivity index (χ4v) is 1.37. The molecule has 0 aliphatic heterocycles. The number of aliphatic hydroxyl groups excluding tert-OH is 1. The summed E-state index contributed by atoms with van der Waals surface area (Å²) in [5, 5.41) is 20.3. The SMILES string of the molecule is CCOC(=O)[C@@H](N)[C@H](O)c1ccc([N+](=O)[O-])cc1. The number of hydrogen-bond donors (Lipinski definition) is 2. The summed E-state index contributed by atoms with van der Waals surface area (Å²) in [7, 11) is 0. The average Bonchev–Trinajstić information content (AvgIpc) is 2.37. The van der Waals surface area contributed by atoms with Crippen molar-refractivity contribution in [3.8, 4) is 0 Å². The lowest BCUT2D eigenvalue weighted by Crippen LogP contribution is -2.38. The van der Waals surface area contributed by atoms with E-state index in [-0.39, 0.29) is 12.3 Å². The molecule has 0 fully saturated rings. The summed E-state index contributed by atoms with van der Waals surface area (Å²) in [6, 6.07) is 3.95. The van der Waals surface area contributed by atoms with Crippen LogP contribution in [-0.2, 0) is 9.53 Å². The van der Waals surface area contributed by atoms with Gasteiger partial charge in [0.2, 0.25) is 0 Å². The van der Waals surface area contributed by atoms with Crippen LogP contribution in [0, 0.1) is 10.1 Å². The third-order valence-corrected chi connectivity index (χ3v) is 2.34. The maximum absolute atomic E-state index is 11.3. The first-order valence-corrected chi connectivity index (χ1v) is 5.32. The minimum atomic E-state index is -1.26. The summed E-state index contributed by atoms with van der Waals surface area (Å²) in [5.74, 6) is -0.719. The topological polar surface area (TPSA) is 116 Å². The zero-order valence-corrected chi connectivity index (χ0v) is 9.78. The molecular formula is C11H14N2O5. The Morgan fingerprint density at radius 1 is 1.50 bits per heavy atom. The van der Waals surface area contributed by atoms with Crippen LogP contribution in [0.5, 0.6) is 0 Å². The standard InChI is InChI=1S/C11H14N2O5/c1-2-18-11(15)9(12)10(14)7-3-5-8(6-4-7)13(16)17/h3-6,9-10,14H,2,12H2,1H3/t9-,10+/m0/s1. The predicted octanol–water partition coefficient (Wildman–Crippen LogP) is 0.519. The van der Waals surface area contributed by atoms with Crippen LogP contribution in [0.1, 0.15) is 18.6 Å². The predicted molar refractivity (Wildman–Crippen MR) is 62.7 cm³/mol. The molecule has 1 rings (SSSR count). The van der Waals surface area contributed by atoms with Gasteiger partial charge in [-0.1, -0.05) is 0 Å². The van der Waals surface area contributed by atoms with Gasteiger partial charge in [-0.15, -0.1) is 0 Å². The first-order valence-electron chi connectivity index (χ1n) is 5.32. The fourth-order valence-electron chi connectivity index (χ4n) is 1.37. The lowest BCUT2D eigenvalue weighted by atomic mass is 10.0. The molecule has 7 heteroatoms. The van der Waals surface area contributed by atoms with Crippen LogP contribution in [0.4, 0.5) is 5.69 Å². The molecule has 2 atom stereocenters. The Balaban J connectivity index is 2.80. The van der Waals surface area contributed by atoms with Gasteiger partial charge >= 0.3 is 5.97 Å². The van der Waals surface area contributed by atoms with E-state index in [1.165, 1.54) is 24.3 Å². The molecule has 0 heterocycles. The highest BCUT2D eigenvalue weighted by molar-refractivity contribution is 5.76. The highest BCUT2D eigenvalue weighted by atomic mass is 16.6. The number of ether oxygens (including phenoxy) is 1. The van der Waals surface area contributed by atoms with E-state index in [9.17, 15) is 20.0 Å². The monoisotopic (exact) mass is 254 g/mol. The number of benzene rings is 1. The lowest BCUT2D eigenvalue weighted by Gasteiger charge is -2.17. The van der Waals surface area contributed by atoms with Crippen LogP contribution < -0.4 is 5.73 Å². The largest absolute Gasteiger partial charge is 0.465 e. The van der Waals surface area contributed by atoms with E-state index >= 15 is 0 Å². The lowest BCUT2D eigenvalue weighted by molar-refractivity contribution is -0.384. The smallest absolute Gasteiger partial charge is 0.325 e. The Kier molecular flexibility index (Phi) is 4.75. The summed E-state index contributed by atoms with van der Waals surface area (Å²) >= 11 is 0. The number of nitro benzene ring substituents is 1. The van der Waals surface area contributed by atoms with Gasteiger partial charge in [-0.3, -0.25) is 14.9 Å². The summed E-state index contributed by atoms with van der Waals surface area (Å²) < 4.78 is 4.68. The van der Waals surface area contributed by atoms with Crippen molar-refractivity contribution in [2.24, 2.45) is 5.73 Å². The van der Waals surface area contributed by atoms with Gasteiger partial charge in [-0.25, -0.2) is 0 Å². The molecule has 1 aromatic rings. The summed E-state index contributed by atoms with van der Waals surface area (Å²) in [6.07, 6.45) is -1.26. The third kappa shape index (κ3) is 3.25. The molecule has 3 N–H and O–H groups in total. The summed E-state index contributed by atoms with van der Waals surface area (Å²) in [6.45, 7) is 1.79. The Morgan fingerprint density at radius 3 is 2.50 bits per heavy atom. The molecule has 18 heavy (non-hydrogen) atoms. The van der Waals surface area contributed by atoms with Gasteiger partial charge in [-0.05, 0) is 24.6 Å². The molecule has 0 unspecified atom stereocenters. The zero-order chi connectivity index (χ0) is 13.7. The molecule has 7 nitrogen and oxygen atoms in total. The van der Waals surface area contributed by atoms with Crippen molar-refractivity contribution in [1.29, 1.82) is 0 Å². The number of hydrogen-bond acceptors (Lipinski definition) is 6. The molecular weight excluding hydrogens is 240 g/mol. The van der Waals surface area contributed by atoms with E-state index in [1.54, 1.807) is 6.92 Å². The van der Waals surface area contributed by atoms with Gasteiger partial charge in [0.05, 0.1) is 11.5 Å². The van der Waals surface area contributed by atoms with Crippen molar-refractivity contribution < 1.29 is 19.6 Å². The normalized spacial score (nSPS) is 13.7. The summed E-state index contributed by atoms with van der Waals surface area (Å²) in [5.41, 5.74) is 5.74. The molecule has 0 aliphatic carbocycles. The molecule has 0 saturated carbocycles. The zero-order valence-electron chi connectivity index (χ0n) is 9.78. The number of non-ortho nitro benzene ring substituents is 1. The second-order valence-corrected chi connectivity index (χ2v) is 3.57. The summed E-state index contributed by atoms with van der Waals surface area (Å²) in [4.78, 5) is 21.2. The van der Waals surface area contributed by atoms with Gasteiger partial charge in [-0.2, -0.15) is 0 Å². The van der Waals surface area contributed by atoms with Gasteiger partial charge in [0, 0.05) is 12.1 Å². The van der Waals surface area contributed by atoms with Crippen LogP contribution in [0.15, 0.2) is 24.3 Å². The van der Waals surface area contributed by atoms with Crippen LogP contribution in [-0.4, -0.2) is 28.6 Å². The number of nitrogens with two attached hydrogens (primary N) is 1. The van der Waals surface area contributed by atoms with Crippen molar-refractivity contribution in [3.05, 3.63) is 39.9 Å². The number of carbonyl (C=O) groups excluding carboxylic acids is 1. The first kappa shape index (κ1) is 14.1. The van der Waals surface area contributed by atoms with Crippen molar-refractivity contribution in [3.63, 3.8) is 0 Å². The van der Waals surface area contributed by atoms with Crippen LogP contribution in [0.25, 0.3) is 0 Å². The molecule has 1 aromatic carbocycles. The van der Waals surface area contributed by atoms with E-state index in [4.69, 9.17) is 5.73 Å². The molecule has 0 saturated heterocycles. The Bertz CT molecular complexity index is 432. The van der Waals surface area contributed by atoms with Gasteiger partial charge in [0.15, 0.2) is 0 Å². The Morgan fingerprint density at radius 2 is 2.06 bits per heavy atom. The average molecular weight is 254 g/mol. The number of nitro groups is 1. The molecule has 0 bridgehead atoms. The molecule has 0 spiro atoms. The van der Waals surface area contributed by atoms with Crippen molar-refractivity contribution in [2.45, 2.75) is 19.1 Å². The van der Waals surface area contributed by atoms with Gasteiger partial charge in [0.1, 0.15) is 12.1 Å². The van der Waals surface area contributed by atoms with Crippen LogP contribution in [0.3, 0.4) is 0 Å². The van der Waals surface area contributed by atoms with E-state index < -0.39 is 23.0 Å². The molecule has 0 amide bonds. The van der Waals surface area contributed by atoms with Gasteiger partial charge < -0.3 is 15.6 Å². The van der Waals surface area contributed by atoms with Crippen molar-refractivity contribution >= 4 is 11.7 Å². The Labute approximate surface area is 103 Å². The van der Waals surface area contributed by atoms with E-state index in [0.717, 1.165) is 0 Å². The van der Waals surface area contributed by atoms with E-state index in [0.29, 0.717) is 5.56 Å². The molecule has 0 radical (unpaired) electrons. The first-order chi connectivity index (χ1) is 8.47. The van der Waals surface area contributed by atoms with E-state index in [2.05, 4.69) is 4.74 Å². The number of rotatable bonds is 5. The van der Waals surface area contributed by atoms with Crippen molar-refractivity contribution in [1.82, 2.24) is 0 Å². The molecule has 0 aromatic heterocycles. The van der Waals surface area contributed by atoms with Gasteiger partial charge in [0.25, 0.3) is 5.69 Å². The van der Waals surface area contributed by atoms with Crippen LogP contribution >= 0.6 is 0 Å². The van der Waals surface area contributed by atoms with Crippen molar-refractivity contribution in [2.75, 3.05) is 6.61 Å². The third-order valence-electron chi connectivity index (χ3n) is 2.34.